The van der Waals surface area contributed by atoms with Crippen LogP contribution in [-0.4, -0.2) is 24.7 Å². The van der Waals surface area contributed by atoms with Crippen LogP contribution in [0.2, 0.25) is 0 Å². The minimum Gasteiger partial charge on any atom is -0.497 e. The fraction of sp³-hybridized carbons (Fsp3) is 0.571. The van der Waals surface area contributed by atoms with E-state index >= 15 is 0 Å². The monoisotopic (exact) mass is 287 g/mol. The average Bonchev–Trinajstić information content (AvgIpc) is 2.40. The van der Waals surface area contributed by atoms with Gasteiger partial charge in [0.15, 0.2) is 0 Å². The first kappa shape index (κ1) is 15.7. The molecular formula is C14H22ClNOS. The van der Waals surface area contributed by atoms with Crippen LogP contribution in [0.5, 0.6) is 5.75 Å². The van der Waals surface area contributed by atoms with Crippen LogP contribution in [0.4, 0.5) is 0 Å². The van der Waals surface area contributed by atoms with Crippen LogP contribution in [0.25, 0.3) is 0 Å². The average molecular weight is 288 g/mol. The van der Waals surface area contributed by atoms with Crippen LogP contribution >= 0.6 is 24.2 Å². The summed E-state index contributed by atoms with van der Waals surface area (Å²) in [6.07, 6.45) is 2.59. The van der Waals surface area contributed by atoms with Crippen LogP contribution in [0.3, 0.4) is 0 Å². The van der Waals surface area contributed by atoms with Crippen LogP contribution < -0.4 is 10.1 Å². The molecule has 4 heteroatoms. The first-order valence-electron chi connectivity index (χ1n) is 6.27. The Bertz CT molecular complexity index is 338. The lowest BCUT2D eigenvalue weighted by atomic mass is 10.1. The molecule has 1 saturated heterocycles. The van der Waals surface area contributed by atoms with Crippen molar-refractivity contribution in [2.75, 3.05) is 18.6 Å². The Hall–Kier alpha value is -0.380. The van der Waals surface area contributed by atoms with E-state index in [-0.39, 0.29) is 12.4 Å². The third kappa shape index (κ3) is 4.38. The second-order valence-electron chi connectivity index (χ2n) is 4.55. The maximum absolute atomic E-state index is 5.18. The van der Waals surface area contributed by atoms with Crippen molar-refractivity contribution in [2.24, 2.45) is 0 Å². The van der Waals surface area contributed by atoms with E-state index in [0.717, 1.165) is 5.75 Å². The van der Waals surface area contributed by atoms with E-state index in [1.54, 1.807) is 7.11 Å². The normalized spacial score (nSPS) is 17.9. The second kappa shape index (κ2) is 7.93. The molecule has 0 bridgehead atoms. The predicted molar refractivity (Wildman–Crippen MR) is 82.1 cm³/mol. The number of methoxy groups -OCH3 is 1. The van der Waals surface area contributed by atoms with Gasteiger partial charge in [0.25, 0.3) is 0 Å². The number of thioether (sulfide) groups is 1. The van der Waals surface area contributed by atoms with Gasteiger partial charge in [-0.15, -0.1) is 12.4 Å². The van der Waals surface area contributed by atoms with Crippen molar-refractivity contribution < 1.29 is 4.74 Å². The van der Waals surface area contributed by atoms with Crippen LogP contribution in [0.15, 0.2) is 24.3 Å². The van der Waals surface area contributed by atoms with Gasteiger partial charge in [-0.25, -0.2) is 0 Å². The molecule has 2 nitrogen and oxygen atoms in total. The van der Waals surface area contributed by atoms with Crippen molar-refractivity contribution in [3.05, 3.63) is 29.8 Å². The summed E-state index contributed by atoms with van der Waals surface area (Å²) in [7, 11) is 1.70. The predicted octanol–water partition coefficient (Wildman–Crippen LogP) is 3.66. The van der Waals surface area contributed by atoms with Gasteiger partial charge in [0, 0.05) is 12.1 Å². The number of halogens is 1. The van der Waals surface area contributed by atoms with Gasteiger partial charge in [0.1, 0.15) is 5.75 Å². The molecule has 0 radical (unpaired) electrons. The molecule has 1 aromatic rings. The summed E-state index contributed by atoms with van der Waals surface area (Å²) in [5.41, 5.74) is 1.34. The van der Waals surface area contributed by atoms with E-state index in [1.807, 2.05) is 12.1 Å². The highest BCUT2D eigenvalue weighted by Crippen LogP contribution is 2.22. The lowest BCUT2D eigenvalue weighted by Gasteiger charge is -2.26. The van der Waals surface area contributed by atoms with Crippen molar-refractivity contribution in [3.63, 3.8) is 0 Å². The molecule has 1 atom stereocenters. The zero-order chi connectivity index (χ0) is 12.1. The van der Waals surface area contributed by atoms with Crippen molar-refractivity contribution in [3.8, 4) is 5.75 Å². The summed E-state index contributed by atoms with van der Waals surface area (Å²) in [6, 6.07) is 9.47. The molecule has 0 amide bonds. The molecule has 1 aliphatic rings. The number of ether oxygens (including phenoxy) is 1. The van der Waals surface area contributed by atoms with Gasteiger partial charge in [0.05, 0.1) is 7.11 Å². The van der Waals surface area contributed by atoms with E-state index in [9.17, 15) is 0 Å². The van der Waals surface area contributed by atoms with Crippen LogP contribution in [-0.2, 0) is 0 Å². The number of hydrogen-bond acceptors (Lipinski definition) is 3. The molecule has 0 unspecified atom stereocenters. The van der Waals surface area contributed by atoms with Crippen molar-refractivity contribution in [1.29, 1.82) is 0 Å². The summed E-state index contributed by atoms with van der Waals surface area (Å²) in [4.78, 5) is 0. The molecule has 1 aliphatic heterocycles. The highest BCUT2D eigenvalue weighted by Gasteiger charge is 2.16. The van der Waals surface area contributed by atoms with Gasteiger partial charge in [-0.1, -0.05) is 12.1 Å². The molecule has 1 heterocycles. The van der Waals surface area contributed by atoms with Crippen molar-refractivity contribution in [1.82, 2.24) is 5.32 Å². The minimum absolute atomic E-state index is 0. The quantitative estimate of drug-likeness (QED) is 0.913. The number of benzene rings is 1. The topological polar surface area (TPSA) is 21.3 Å². The van der Waals surface area contributed by atoms with E-state index in [1.165, 1.54) is 29.9 Å². The fourth-order valence-corrected chi connectivity index (χ4v) is 3.31. The molecule has 18 heavy (non-hydrogen) atoms. The Morgan fingerprint density at radius 1 is 1.22 bits per heavy atom. The van der Waals surface area contributed by atoms with Crippen LogP contribution in [0.1, 0.15) is 31.4 Å². The van der Waals surface area contributed by atoms with Gasteiger partial charge < -0.3 is 10.1 Å². The lowest BCUT2D eigenvalue weighted by Crippen LogP contribution is -2.34. The molecule has 2 rings (SSSR count). The largest absolute Gasteiger partial charge is 0.497 e. The Morgan fingerprint density at radius 3 is 2.39 bits per heavy atom. The number of nitrogens with one attached hydrogen (secondary N) is 1. The van der Waals surface area contributed by atoms with Crippen LogP contribution in [0, 0.1) is 0 Å². The highest BCUT2D eigenvalue weighted by molar-refractivity contribution is 7.99. The number of rotatable bonds is 4. The van der Waals surface area contributed by atoms with E-state index in [0.29, 0.717) is 12.1 Å². The zero-order valence-electron chi connectivity index (χ0n) is 11.0. The molecule has 0 aliphatic carbocycles. The van der Waals surface area contributed by atoms with E-state index in [2.05, 4.69) is 36.1 Å². The van der Waals surface area contributed by atoms with E-state index in [4.69, 9.17) is 4.74 Å². The Morgan fingerprint density at radius 2 is 1.83 bits per heavy atom. The zero-order valence-corrected chi connectivity index (χ0v) is 12.7. The third-order valence-electron chi connectivity index (χ3n) is 3.32. The summed E-state index contributed by atoms with van der Waals surface area (Å²) >= 11 is 2.07. The van der Waals surface area contributed by atoms with Gasteiger partial charge in [-0.2, -0.15) is 11.8 Å². The molecular weight excluding hydrogens is 266 g/mol. The fourth-order valence-electron chi connectivity index (χ4n) is 2.21. The van der Waals surface area contributed by atoms with Gasteiger partial charge in [0.2, 0.25) is 0 Å². The molecule has 0 saturated carbocycles. The summed E-state index contributed by atoms with van der Waals surface area (Å²) in [5.74, 6) is 3.52. The number of hydrogen-bond donors (Lipinski definition) is 1. The molecule has 102 valence electrons. The van der Waals surface area contributed by atoms with Gasteiger partial charge in [-0.05, 0) is 49.0 Å². The smallest absolute Gasteiger partial charge is 0.118 e. The summed E-state index contributed by atoms with van der Waals surface area (Å²) < 4.78 is 5.18. The lowest BCUT2D eigenvalue weighted by molar-refractivity contribution is 0.412. The molecule has 0 spiro atoms. The highest BCUT2D eigenvalue weighted by atomic mass is 35.5. The van der Waals surface area contributed by atoms with Crippen molar-refractivity contribution in [2.45, 2.75) is 31.8 Å². The summed E-state index contributed by atoms with van der Waals surface area (Å²) in [6.45, 7) is 2.24. The van der Waals surface area contributed by atoms with Crippen molar-refractivity contribution >= 4 is 24.2 Å². The second-order valence-corrected chi connectivity index (χ2v) is 5.77. The maximum atomic E-state index is 5.18. The summed E-state index contributed by atoms with van der Waals surface area (Å²) in [5, 5.41) is 3.72. The first-order chi connectivity index (χ1) is 8.29. The third-order valence-corrected chi connectivity index (χ3v) is 4.37. The Kier molecular flexibility index (Phi) is 6.90. The molecule has 1 N–H and O–H groups in total. The molecule has 1 fully saturated rings. The Labute approximate surface area is 120 Å². The standard InChI is InChI=1S/C14H21NOS.ClH/c1-11(15-13-7-9-17-10-8-13)12-3-5-14(16-2)6-4-12;/h3-6,11,13,15H,7-10H2,1-2H3;1H/t11-;/m1./s1. The van der Waals surface area contributed by atoms with Gasteiger partial charge in [-0.3, -0.25) is 0 Å². The minimum atomic E-state index is 0. The van der Waals surface area contributed by atoms with Gasteiger partial charge >= 0.3 is 0 Å². The molecule has 1 aromatic carbocycles. The van der Waals surface area contributed by atoms with E-state index < -0.39 is 0 Å². The maximum Gasteiger partial charge on any atom is 0.118 e. The first-order valence-corrected chi connectivity index (χ1v) is 7.43. The SMILES string of the molecule is COc1ccc([C@@H](C)NC2CCSCC2)cc1.Cl. The molecule has 0 aromatic heterocycles. The Balaban J connectivity index is 0.00000162.